The molecule has 82 valence electrons. The molecular formula is C11H8ClNO2S. The van der Waals surface area contributed by atoms with Crippen LogP contribution >= 0.6 is 22.9 Å². The molecule has 2 aromatic rings. The zero-order valence-corrected chi connectivity index (χ0v) is 10.0. The Balaban J connectivity index is 2.44. The van der Waals surface area contributed by atoms with Gasteiger partial charge in [0.1, 0.15) is 5.01 Å². The smallest absolute Gasteiger partial charge is 0.205 e. The van der Waals surface area contributed by atoms with Gasteiger partial charge in [-0.1, -0.05) is 35.1 Å². The Morgan fingerprint density at radius 3 is 2.56 bits per heavy atom. The van der Waals surface area contributed by atoms with Crippen LogP contribution in [-0.2, 0) is 0 Å². The molecule has 0 bridgehead atoms. The number of aromatic nitrogens is 1. The van der Waals surface area contributed by atoms with E-state index in [2.05, 4.69) is 4.98 Å². The topological polar surface area (TPSA) is 39.2 Å². The van der Waals surface area contributed by atoms with E-state index >= 15 is 0 Å². The maximum atomic E-state index is 10.7. The zero-order chi connectivity index (χ0) is 11.5. The SMILES string of the molecule is COc1sc(-c2ccc(Cl)cc2)nc1C=O. The molecule has 1 aromatic heterocycles. The number of carbonyl (C=O) groups is 1. The Morgan fingerprint density at radius 1 is 1.38 bits per heavy atom. The Bertz CT molecular complexity index is 507. The number of aldehydes is 1. The minimum absolute atomic E-state index is 0.331. The van der Waals surface area contributed by atoms with Crippen molar-refractivity contribution < 1.29 is 9.53 Å². The first-order valence-electron chi connectivity index (χ1n) is 4.50. The van der Waals surface area contributed by atoms with Crippen LogP contribution in [0.15, 0.2) is 24.3 Å². The molecule has 0 atom stereocenters. The van der Waals surface area contributed by atoms with Gasteiger partial charge in [-0.2, -0.15) is 0 Å². The first-order valence-corrected chi connectivity index (χ1v) is 5.70. The summed E-state index contributed by atoms with van der Waals surface area (Å²) < 4.78 is 5.06. The van der Waals surface area contributed by atoms with Gasteiger partial charge in [-0.05, 0) is 12.1 Å². The van der Waals surface area contributed by atoms with E-state index in [4.69, 9.17) is 16.3 Å². The average molecular weight is 254 g/mol. The fraction of sp³-hybridized carbons (Fsp3) is 0.0909. The maximum Gasteiger partial charge on any atom is 0.205 e. The molecule has 1 heterocycles. The minimum Gasteiger partial charge on any atom is -0.486 e. The summed E-state index contributed by atoms with van der Waals surface area (Å²) in [6.07, 6.45) is 0.689. The number of hydrogen-bond donors (Lipinski definition) is 0. The van der Waals surface area contributed by atoms with Crippen molar-refractivity contribution in [3.63, 3.8) is 0 Å². The zero-order valence-electron chi connectivity index (χ0n) is 8.44. The number of benzene rings is 1. The van der Waals surface area contributed by atoms with Crippen LogP contribution in [0.4, 0.5) is 0 Å². The predicted molar refractivity (Wildman–Crippen MR) is 64.5 cm³/mol. The van der Waals surface area contributed by atoms with Gasteiger partial charge >= 0.3 is 0 Å². The van der Waals surface area contributed by atoms with E-state index in [1.54, 1.807) is 12.1 Å². The summed E-state index contributed by atoms with van der Waals surface area (Å²) in [6.45, 7) is 0. The molecular weight excluding hydrogens is 246 g/mol. The van der Waals surface area contributed by atoms with Gasteiger partial charge in [0.05, 0.1) is 7.11 Å². The van der Waals surface area contributed by atoms with Crippen LogP contribution in [0.1, 0.15) is 10.5 Å². The second-order valence-corrected chi connectivity index (χ2v) is 4.42. The molecule has 0 N–H and O–H groups in total. The number of nitrogens with zero attached hydrogens (tertiary/aromatic N) is 1. The number of thiazole rings is 1. The van der Waals surface area contributed by atoms with E-state index in [0.717, 1.165) is 10.6 Å². The van der Waals surface area contributed by atoms with Crippen molar-refractivity contribution in [2.24, 2.45) is 0 Å². The molecule has 0 saturated carbocycles. The van der Waals surface area contributed by atoms with Crippen molar-refractivity contribution in [2.75, 3.05) is 7.11 Å². The predicted octanol–water partition coefficient (Wildman–Crippen LogP) is 3.28. The van der Waals surface area contributed by atoms with Crippen LogP contribution in [0.5, 0.6) is 5.06 Å². The quantitative estimate of drug-likeness (QED) is 0.788. The summed E-state index contributed by atoms with van der Waals surface area (Å²) in [5.74, 6) is 0. The highest BCUT2D eigenvalue weighted by atomic mass is 35.5. The van der Waals surface area contributed by atoms with Gasteiger partial charge in [0, 0.05) is 10.6 Å². The third kappa shape index (κ3) is 2.08. The van der Waals surface area contributed by atoms with E-state index in [9.17, 15) is 4.79 Å². The lowest BCUT2D eigenvalue weighted by molar-refractivity contribution is 0.111. The summed E-state index contributed by atoms with van der Waals surface area (Å²) in [6, 6.07) is 7.28. The molecule has 0 aliphatic carbocycles. The lowest BCUT2D eigenvalue weighted by Gasteiger charge is -1.94. The van der Waals surface area contributed by atoms with Gasteiger partial charge < -0.3 is 4.74 Å². The second kappa shape index (κ2) is 4.63. The molecule has 3 nitrogen and oxygen atoms in total. The first kappa shape index (κ1) is 11.1. The Morgan fingerprint density at radius 2 is 2.06 bits per heavy atom. The highest BCUT2D eigenvalue weighted by molar-refractivity contribution is 7.17. The molecule has 0 spiro atoms. The van der Waals surface area contributed by atoms with Crippen LogP contribution in [0.2, 0.25) is 5.02 Å². The third-order valence-corrected chi connectivity index (χ3v) is 3.34. The molecule has 2 rings (SSSR count). The number of rotatable bonds is 3. The van der Waals surface area contributed by atoms with Crippen molar-refractivity contribution in [3.05, 3.63) is 35.0 Å². The lowest BCUT2D eigenvalue weighted by Crippen LogP contribution is -1.85. The van der Waals surface area contributed by atoms with E-state index < -0.39 is 0 Å². The van der Waals surface area contributed by atoms with Gasteiger partial charge in [0.25, 0.3) is 0 Å². The summed E-state index contributed by atoms with van der Waals surface area (Å²) in [7, 11) is 1.52. The average Bonchev–Trinajstić information content (AvgIpc) is 2.73. The van der Waals surface area contributed by atoms with Crippen LogP contribution in [0.3, 0.4) is 0 Å². The van der Waals surface area contributed by atoms with Crippen LogP contribution in [-0.4, -0.2) is 18.4 Å². The fourth-order valence-electron chi connectivity index (χ4n) is 1.25. The summed E-state index contributed by atoms with van der Waals surface area (Å²) in [5.41, 5.74) is 1.25. The van der Waals surface area contributed by atoms with Crippen molar-refractivity contribution in [1.82, 2.24) is 4.98 Å². The van der Waals surface area contributed by atoms with E-state index in [0.29, 0.717) is 22.1 Å². The molecule has 0 amide bonds. The number of halogens is 1. The van der Waals surface area contributed by atoms with Crippen LogP contribution < -0.4 is 4.74 Å². The van der Waals surface area contributed by atoms with Gasteiger partial charge in [-0.25, -0.2) is 4.98 Å². The molecule has 0 fully saturated rings. The molecule has 0 aliphatic rings. The Labute approximate surface area is 102 Å². The van der Waals surface area contributed by atoms with Gasteiger partial charge in [0.2, 0.25) is 5.06 Å². The molecule has 0 saturated heterocycles. The van der Waals surface area contributed by atoms with E-state index in [1.807, 2.05) is 12.1 Å². The highest BCUT2D eigenvalue weighted by Crippen LogP contribution is 2.33. The van der Waals surface area contributed by atoms with Gasteiger partial charge in [-0.3, -0.25) is 4.79 Å². The number of ether oxygens (including phenoxy) is 1. The fourth-order valence-corrected chi connectivity index (χ4v) is 2.24. The second-order valence-electron chi connectivity index (χ2n) is 3.02. The highest BCUT2D eigenvalue weighted by Gasteiger charge is 2.11. The Kier molecular flexibility index (Phi) is 3.22. The number of carbonyl (C=O) groups excluding carboxylic acids is 1. The Hall–Kier alpha value is -1.39. The van der Waals surface area contributed by atoms with E-state index in [1.165, 1.54) is 18.4 Å². The standard InChI is InChI=1S/C11H8ClNO2S/c1-15-11-9(6-14)13-10(16-11)7-2-4-8(12)5-3-7/h2-6H,1H3. The molecule has 5 heteroatoms. The van der Waals surface area contributed by atoms with Crippen molar-refractivity contribution in [2.45, 2.75) is 0 Å². The number of hydrogen-bond acceptors (Lipinski definition) is 4. The normalized spacial score (nSPS) is 10.1. The largest absolute Gasteiger partial charge is 0.486 e. The van der Waals surface area contributed by atoms with Crippen LogP contribution in [0.25, 0.3) is 10.6 Å². The van der Waals surface area contributed by atoms with Crippen molar-refractivity contribution in [3.8, 4) is 15.6 Å². The van der Waals surface area contributed by atoms with Gasteiger partial charge in [0.15, 0.2) is 12.0 Å². The molecule has 1 aromatic carbocycles. The summed E-state index contributed by atoms with van der Waals surface area (Å²) in [4.78, 5) is 14.9. The van der Waals surface area contributed by atoms with Crippen molar-refractivity contribution >= 4 is 29.2 Å². The third-order valence-electron chi connectivity index (χ3n) is 2.01. The van der Waals surface area contributed by atoms with Crippen molar-refractivity contribution in [1.29, 1.82) is 0 Å². The van der Waals surface area contributed by atoms with Gasteiger partial charge in [-0.15, -0.1) is 0 Å². The van der Waals surface area contributed by atoms with Crippen LogP contribution in [0, 0.1) is 0 Å². The summed E-state index contributed by atoms with van der Waals surface area (Å²) >= 11 is 7.13. The lowest BCUT2D eigenvalue weighted by atomic mass is 10.2. The molecule has 0 unspecified atom stereocenters. The number of methoxy groups -OCH3 is 1. The molecule has 0 aliphatic heterocycles. The first-order chi connectivity index (χ1) is 7.74. The maximum absolute atomic E-state index is 10.7. The minimum atomic E-state index is 0.331. The monoisotopic (exact) mass is 253 g/mol. The molecule has 16 heavy (non-hydrogen) atoms. The molecule has 0 radical (unpaired) electrons. The summed E-state index contributed by atoms with van der Waals surface area (Å²) in [5, 5.41) is 1.94. The van der Waals surface area contributed by atoms with E-state index in [-0.39, 0.29) is 0 Å².